The highest BCUT2D eigenvalue weighted by Gasteiger charge is 2.33. The van der Waals surface area contributed by atoms with Gasteiger partial charge in [0.15, 0.2) is 18.1 Å². The Morgan fingerprint density at radius 2 is 2.18 bits per heavy atom. The van der Waals surface area contributed by atoms with Gasteiger partial charge < -0.3 is 14.4 Å². The van der Waals surface area contributed by atoms with E-state index >= 15 is 0 Å². The van der Waals surface area contributed by atoms with Crippen LogP contribution in [-0.2, 0) is 4.79 Å². The minimum absolute atomic E-state index is 0.00302. The van der Waals surface area contributed by atoms with E-state index in [1.807, 2.05) is 11.0 Å². The van der Waals surface area contributed by atoms with E-state index < -0.39 is 0 Å². The van der Waals surface area contributed by atoms with E-state index in [0.29, 0.717) is 23.1 Å². The molecule has 5 nitrogen and oxygen atoms in total. The Bertz CT molecular complexity index is 580. The highest BCUT2D eigenvalue weighted by molar-refractivity contribution is 5.79. The van der Waals surface area contributed by atoms with Gasteiger partial charge in [0.25, 0.3) is 5.91 Å². The van der Waals surface area contributed by atoms with Crippen molar-refractivity contribution < 1.29 is 14.3 Å². The van der Waals surface area contributed by atoms with E-state index in [1.54, 1.807) is 18.2 Å². The molecule has 0 unspecified atom stereocenters. The number of carbonyl (C=O) groups is 1. The lowest BCUT2D eigenvalue weighted by molar-refractivity contribution is -0.136. The molecule has 22 heavy (non-hydrogen) atoms. The number of methoxy groups -OCH3 is 1. The zero-order chi connectivity index (χ0) is 16.1. The molecule has 1 saturated heterocycles. The fourth-order valence-electron chi connectivity index (χ4n) is 2.99. The molecule has 5 heteroatoms. The maximum atomic E-state index is 12.4. The van der Waals surface area contributed by atoms with E-state index in [1.165, 1.54) is 7.11 Å². The molecule has 0 radical (unpaired) electrons. The molecule has 118 valence electrons. The van der Waals surface area contributed by atoms with Gasteiger partial charge in [-0.15, -0.1) is 0 Å². The second-order valence-corrected chi connectivity index (χ2v) is 5.56. The summed E-state index contributed by atoms with van der Waals surface area (Å²) in [5, 5.41) is 8.89. The number of amides is 1. The largest absolute Gasteiger partial charge is 0.493 e. The lowest BCUT2D eigenvalue weighted by Gasteiger charge is -2.28. The van der Waals surface area contributed by atoms with E-state index in [-0.39, 0.29) is 18.6 Å². The summed E-state index contributed by atoms with van der Waals surface area (Å²) < 4.78 is 10.8. The van der Waals surface area contributed by atoms with Crippen molar-refractivity contribution in [3.8, 4) is 17.6 Å². The van der Waals surface area contributed by atoms with Crippen molar-refractivity contribution in [3.63, 3.8) is 0 Å². The summed E-state index contributed by atoms with van der Waals surface area (Å²) in [4.78, 5) is 14.4. The molecule has 1 aliphatic rings. The predicted octanol–water partition coefficient (Wildman–Crippen LogP) is 2.74. The Kier molecular flexibility index (Phi) is 5.26. The number of likely N-dealkylation sites (tertiary alicyclic amines) is 1. The normalized spacial score (nSPS) is 20.5. The van der Waals surface area contributed by atoms with Gasteiger partial charge in [-0.25, -0.2) is 0 Å². The molecule has 0 spiro atoms. The number of ether oxygens (including phenoxy) is 2. The van der Waals surface area contributed by atoms with Gasteiger partial charge in [0.2, 0.25) is 0 Å². The third kappa shape index (κ3) is 3.33. The molecule has 0 saturated carbocycles. The maximum Gasteiger partial charge on any atom is 0.260 e. The minimum Gasteiger partial charge on any atom is -0.493 e. The number of benzene rings is 1. The molecule has 0 N–H and O–H groups in total. The van der Waals surface area contributed by atoms with Crippen LogP contribution < -0.4 is 9.47 Å². The third-order valence-electron chi connectivity index (χ3n) is 4.19. The Balaban J connectivity index is 2.03. The van der Waals surface area contributed by atoms with E-state index in [9.17, 15) is 4.79 Å². The summed E-state index contributed by atoms with van der Waals surface area (Å²) in [6, 6.07) is 7.54. The molecule has 0 aromatic heterocycles. The first-order valence-electron chi connectivity index (χ1n) is 7.62. The van der Waals surface area contributed by atoms with Gasteiger partial charge in [0, 0.05) is 18.2 Å². The Morgan fingerprint density at radius 3 is 2.82 bits per heavy atom. The molecule has 0 bridgehead atoms. The van der Waals surface area contributed by atoms with Crippen LogP contribution in [0.4, 0.5) is 0 Å². The standard InChI is InChI=1S/C17H22N2O3/c1-4-14-7-5-12(2)19(14)17(20)11-22-15-8-6-13(10-18)9-16(15)21-3/h6,8-9,12,14H,4-5,7,11H2,1-3H3/t12-,14+/m0/s1. The van der Waals surface area contributed by atoms with Gasteiger partial charge in [0.1, 0.15) is 0 Å². The Labute approximate surface area is 131 Å². The molecule has 1 heterocycles. The fraction of sp³-hybridized carbons (Fsp3) is 0.529. The number of hydrogen-bond donors (Lipinski definition) is 0. The topological polar surface area (TPSA) is 62.6 Å². The number of nitrogens with zero attached hydrogens (tertiary/aromatic N) is 2. The first-order chi connectivity index (χ1) is 10.6. The van der Waals surface area contributed by atoms with Crippen LogP contribution in [0, 0.1) is 11.3 Å². The highest BCUT2D eigenvalue weighted by atomic mass is 16.5. The molecule has 1 aromatic rings. The molecule has 1 aliphatic heterocycles. The SMILES string of the molecule is CC[C@@H]1CC[C@H](C)N1C(=O)COc1ccc(C#N)cc1OC. The summed E-state index contributed by atoms with van der Waals surface area (Å²) >= 11 is 0. The summed E-state index contributed by atoms with van der Waals surface area (Å²) in [5.41, 5.74) is 0.495. The average molecular weight is 302 g/mol. The van der Waals surface area contributed by atoms with Crippen LogP contribution >= 0.6 is 0 Å². The third-order valence-corrected chi connectivity index (χ3v) is 4.19. The van der Waals surface area contributed by atoms with Crippen LogP contribution in [0.25, 0.3) is 0 Å². The lowest BCUT2D eigenvalue weighted by Crippen LogP contribution is -2.42. The molecular weight excluding hydrogens is 280 g/mol. The van der Waals surface area contributed by atoms with Crippen LogP contribution in [0.2, 0.25) is 0 Å². The maximum absolute atomic E-state index is 12.4. The van der Waals surface area contributed by atoms with Gasteiger partial charge in [0.05, 0.1) is 18.7 Å². The zero-order valence-corrected chi connectivity index (χ0v) is 13.3. The van der Waals surface area contributed by atoms with Crippen LogP contribution in [-0.4, -0.2) is 36.6 Å². The first-order valence-corrected chi connectivity index (χ1v) is 7.62. The van der Waals surface area contributed by atoms with E-state index in [0.717, 1.165) is 19.3 Å². The molecule has 2 atom stereocenters. The van der Waals surface area contributed by atoms with Crippen molar-refractivity contribution in [1.82, 2.24) is 4.90 Å². The quantitative estimate of drug-likeness (QED) is 0.839. The smallest absolute Gasteiger partial charge is 0.260 e. The lowest BCUT2D eigenvalue weighted by atomic mass is 10.1. The van der Waals surface area contributed by atoms with Crippen LogP contribution in [0.1, 0.15) is 38.7 Å². The Hall–Kier alpha value is -2.22. The van der Waals surface area contributed by atoms with Crippen LogP contribution in [0.3, 0.4) is 0 Å². The van der Waals surface area contributed by atoms with Crippen molar-refractivity contribution in [1.29, 1.82) is 5.26 Å². The van der Waals surface area contributed by atoms with E-state index in [2.05, 4.69) is 13.8 Å². The molecule has 1 aromatic carbocycles. The monoisotopic (exact) mass is 302 g/mol. The summed E-state index contributed by atoms with van der Waals surface area (Å²) in [6.07, 6.45) is 3.07. The number of rotatable bonds is 5. The summed E-state index contributed by atoms with van der Waals surface area (Å²) in [5.74, 6) is 0.950. The number of carbonyl (C=O) groups excluding carboxylic acids is 1. The average Bonchev–Trinajstić information content (AvgIpc) is 2.93. The molecular formula is C17H22N2O3. The summed E-state index contributed by atoms with van der Waals surface area (Å²) in [6.45, 7) is 4.17. The fourth-order valence-corrected chi connectivity index (χ4v) is 2.99. The highest BCUT2D eigenvalue weighted by Crippen LogP contribution is 2.29. The van der Waals surface area contributed by atoms with Crippen LogP contribution in [0.5, 0.6) is 11.5 Å². The second-order valence-electron chi connectivity index (χ2n) is 5.56. The summed E-state index contributed by atoms with van der Waals surface area (Å²) in [7, 11) is 1.51. The van der Waals surface area contributed by atoms with E-state index in [4.69, 9.17) is 14.7 Å². The van der Waals surface area contributed by atoms with Crippen molar-refractivity contribution in [2.45, 2.75) is 45.2 Å². The van der Waals surface area contributed by atoms with Crippen molar-refractivity contribution in [2.75, 3.05) is 13.7 Å². The van der Waals surface area contributed by atoms with Gasteiger partial charge in [-0.3, -0.25) is 4.79 Å². The second kappa shape index (κ2) is 7.17. The predicted molar refractivity (Wildman–Crippen MR) is 82.8 cm³/mol. The number of hydrogen-bond acceptors (Lipinski definition) is 4. The van der Waals surface area contributed by atoms with Gasteiger partial charge in [-0.1, -0.05) is 6.92 Å². The molecule has 2 rings (SSSR count). The van der Waals surface area contributed by atoms with Crippen LogP contribution in [0.15, 0.2) is 18.2 Å². The molecule has 1 amide bonds. The van der Waals surface area contributed by atoms with Gasteiger partial charge in [-0.05, 0) is 38.3 Å². The first kappa shape index (κ1) is 16.2. The van der Waals surface area contributed by atoms with Crippen molar-refractivity contribution in [3.05, 3.63) is 23.8 Å². The van der Waals surface area contributed by atoms with Crippen molar-refractivity contribution in [2.24, 2.45) is 0 Å². The van der Waals surface area contributed by atoms with Crippen molar-refractivity contribution >= 4 is 5.91 Å². The van der Waals surface area contributed by atoms with Gasteiger partial charge >= 0.3 is 0 Å². The molecule has 1 fully saturated rings. The molecule has 0 aliphatic carbocycles. The number of nitriles is 1. The zero-order valence-electron chi connectivity index (χ0n) is 13.3. The minimum atomic E-state index is -0.0108. The van der Waals surface area contributed by atoms with Gasteiger partial charge in [-0.2, -0.15) is 5.26 Å². The Morgan fingerprint density at radius 1 is 1.41 bits per heavy atom.